The fourth-order valence-electron chi connectivity index (χ4n) is 2.90. The number of likely N-dealkylation sites (tertiary alicyclic amines) is 1. The zero-order valence-electron chi connectivity index (χ0n) is 10.9. The minimum Gasteiger partial charge on any atom is -0.336 e. The summed E-state index contributed by atoms with van der Waals surface area (Å²) in [7, 11) is 2.01. The quantitative estimate of drug-likeness (QED) is 0.775. The van der Waals surface area contributed by atoms with Gasteiger partial charge >= 0.3 is 0 Å². The minimum atomic E-state index is 0.415. The van der Waals surface area contributed by atoms with Gasteiger partial charge in [0.15, 0.2) is 0 Å². The molecule has 18 heavy (non-hydrogen) atoms. The lowest BCUT2D eigenvalue weighted by atomic mass is 10.1. The van der Waals surface area contributed by atoms with Crippen molar-refractivity contribution in [2.75, 3.05) is 13.1 Å². The van der Waals surface area contributed by atoms with Crippen LogP contribution in [-0.4, -0.2) is 27.5 Å². The minimum absolute atomic E-state index is 0.415. The van der Waals surface area contributed by atoms with Crippen LogP contribution in [0.4, 0.5) is 0 Å². The summed E-state index contributed by atoms with van der Waals surface area (Å²) in [5.41, 5.74) is 2.27. The van der Waals surface area contributed by atoms with Crippen molar-refractivity contribution < 1.29 is 0 Å². The first-order valence-corrected chi connectivity index (χ1v) is 6.90. The van der Waals surface area contributed by atoms with Gasteiger partial charge in [-0.3, -0.25) is 4.90 Å². The maximum absolute atomic E-state index is 6.16. The molecule has 1 atom stereocenters. The van der Waals surface area contributed by atoms with E-state index >= 15 is 0 Å². The Balaban J connectivity index is 2.09. The highest BCUT2D eigenvalue weighted by Crippen LogP contribution is 2.31. The highest BCUT2D eigenvalue weighted by atomic mass is 35.5. The molecule has 1 fully saturated rings. The normalized spacial score (nSPS) is 18.6. The van der Waals surface area contributed by atoms with Crippen molar-refractivity contribution in [2.24, 2.45) is 7.05 Å². The van der Waals surface area contributed by atoms with E-state index in [1.165, 1.54) is 36.9 Å². The third-order valence-corrected chi connectivity index (χ3v) is 4.17. The van der Waals surface area contributed by atoms with Gasteiger partial charge in [0.2, 0.25) is 0 Å². The van der Waals surface area contributed by atoms with Crippen LogP contribution in [0.5, 0.6) is 0 Å². The molecule has 1 aliphatic heterocycles. The number of nitrogens with zero attached hydrogens (tertiary/aromatic N) is 3. The molecular formula is C14H18ClN3. The van der Waals surface area contributed by atoms with Crippen LogP contribution >= 0.6 is 11.6 Å². The number of aromatic nitrogens is 2. The zero-order chi connectivity index (χ0) is 12.7. The molecule has 0 radical (unpaired) electrons. The molecule has 0 aliphatic carbocycles. The van der Waals surface area contributed by atoms with E-state index in [2.05, 4.69) is 22.9 Å². The molecular weight excluding hydrogens is 246 g/mol. The first kappa shape index (κ1) is 12.0. The van der Waals surface area contributed by atoms with Crippen molar-refractivity contribution in [2.45, 2.75) is 25.8 Å². The highest BCUT2D eigenvalue weighted by molar-refractivity contribution is 6.29. The highest BCUT2D eigenvalue weighted by Gasteiger charge is 2.22. The topological polar surface area (TPSA) is 21.1 Å². The molecule has 2 aromatic rings. The molecule has 96 valence electrons. The molecule has 0 saturated carbocycles. The van der Waals surface area contributed by atoms with Gasteiger partial charge in [-0.2, -0.15) is 0 Å². The molecule has 4 heteroatoms. The fraction of sp³-hybridized carbons (Fsp3) is 0.500. The molecule has 1 saturated heterocycles. The number of hydrogen-bond acceptors (Lipinski definition) is 2. The number of halogens is 1. The van der Waals surface area contributed by atoms with Gasteiger partial charge < -0.3 is 4.57 Å². The predicted molar refractivity (Wildman–Crippen MR) is 74.9 cm³/mol. The molecule has 0 bridgehead atoms. The van der Waals surface area contributed by atoms with E-state index < -0.39 is 0 Å². The first-order valence-electron chi connectivity index (χ1n) is 6.52. The average Bonchev–Trinajstić information content (AvgIpc) is 2.98. The van der Waals surface area contributed by atoms with Crippen molar-refractivity contribution in [1.29, 1.82) is 0 Å². The van der Waals surface area contributed by atoms with E-state index in [-0.39, 0.29) is 0 Å². The lowest BCUT2D eigenvalue weighted by Gasteiger charge is -2.24. The van der Waals surface area contributed by atoms with E-state index in [0.717, 1.165) is 5.65 Å². The summed E-state index contributed by atoms with van der Waals surface area (Å²) in [5, 5.41) is 1.81. The Morgan fingerprint density at radius 3 is 2.78 bits per heavy atom. The van der Waals surface area contributed by atoms with Crippen molar-refractivity contribution in [3.8, 4) is 0 Å². The number of aryl methyl sites for hydroxylation is 1. The Kier molecular flexibility index (Phi) is 3.04. The van der Waals surface area contributed by atoms with Gasteiger partial charge in [0.25, 0.3) is 0 Å². The van der Waals surface area contributed by atoms with Crippen molar-refractivity contribution in [1.82, 2.24) is 14.5 Å². The fourth-order valence-corrected chi connectivity index (χ4v) is 3.09. The van der Waals surface area contributed by atoms with Gasteiger partial charge in [-0.25, -0.2) is 4.98 Å². The molecule has 3 heterocycles. The number of rotatable bonds is 2. The second kappa shape index (κ2) is 4.56. The Morgan fingerprint density at radius 1 is 1.33 bits per heavy atom. The smallest absolute Gasteiger partial charge is 0.141 e. The van der Waals surface area contributed by atoms with Crippen LogP contribution in [-0.2, 0) is 7.05 Å². The molecule has 2 aromatic heterocycles. The Morgan fingerprint density at radius 2 is 2.06 bits per heavy atom. The molecule has 1 aliphatic rings. The zero-order valence-corrected chi connectivity index (χ0v) is 11.6. The molecule has 0 spiro atoms. The summed E-state index contributed by atoms with van der Waals surface area (Å²) in [4.78, 5) is 6.94. The van der Waals surface area contributed by atoms with Crippen LogP contribution in [0.25, 0.3) is 11.0 Å². The predicted octanol–water partition coefficient (Wildman–Crippen LogP) is 3.38. The Hall–Kier alpha value is -1.06. The van der Waals surface area contributed by atoms with Crippen molar-refractivity contribution >= 4 is 22.6 Å². The van der Waals surface area contributed by atoms with E-state index in [0.29, 0.717) is 11.2 Å². The Labute approximate surface area is 112 Å². The number of pyridine rings is 1. The van der Waals surface area contributed by atoms with Crippen LogP contribution in [0.1, 0.15) is 31.4 Å². The molecule has 3 nitrogen and oxygen atoms in total. The van der Waals surface area contributed by atoms with Gasteiger partial charge in [-0.1, -0.05) is 11.6 Å². The van der Waals surface area contributed by atoms with E-state index in [4.69, 9.17) is 11.6 Å². The van der Waals surface area contributed by atoms with Gasteiger partial charge in [0, 0.05) is 24.7 Å². The lowest BCUT2D eigenvalue weighted by Crippen LogP contribution is -2.23. The number of fused-ring (bicyclic) bond motifs is 1. The first-order chi connectivity index (χ1) is 8.66. The summed E-state index contributed by atoms with van der Waals surface area (Å²) in [6.07, 6.45) is 4.66. The second-order valence-electron chi connectivity index (χ2n) is 5.12. The monoisotopic (exact) mass is 263 g/mol. The van der Waals surface area contributed by atoms with Crippen LogP contribution < -0.4 is 0 Å². The maximum Gasteiger partial charge on any atom is 0.141 e. The standard InChI is InChI=1S/C14H18ClN3/c1-10(18-6-3-4-7-18)12-9-13(15)16-14-11(12)5-8-17(14)2/h5,8-10H,3-4,6-7H2,1-2H3. The summed E-state index contributed by atoms with van der Waals surface area (Å²) >= 11 is 6.16. The van der Waals surface area contributed by atoms with Gasteiger partial charge in [0.1, 0.15) is 10.8 Å². The average molecular weight is 264 g/mol. The molecule has 3 rings (SSSR count). The van der Waals surface area contributed by atoms with E-state index in [1.807, 2.05) is 23.9 Å². The maximum atomic E-state index is 6.16. The van der Waals surface area contributed by atoms with Crippen LogP contribution in [0.3, 0.4) is 0 Å². The van der Waals surface area contributed by atoms with E-state index in [9.17, 15) is 0 Å². The van der Waals surface area contributed by atoms with Crippen molar-refractivity contribution in [3.63, 3.8) is 0 Å². The molecule has 1 unspecified atom stereocenters. The molecule has 0 amide bonds. The van der Waals surface area contributed by atoms with Crippen LogP contribution in [0.2, 0.25) is 5.15 Å². The number of hydrogen-bond donors (Lipinski definition) is 0. The van der Waals surface area contributed by atoms with Gasteiger partial charge in [-0.15, -0.1) is 0 Å². The Bertz CT molecular complexity index is 570. The van der Waals surface area contributed by atoms with Gasteiger partial charge in [0.05, 0.1) is 0 Å². The summed E-state index contributed by atoms with van der Waals surface area (Å²) < 4.78 is 2.03. The van der Waals surface area contributed by atoms with Crippen LogP contribution in [0, 0.1) is 0 Å². The lowest BCUT2D eigenvalue weighted by molar-refractivity contribution is 0.264. The summed E-state index contributed by atoms with van der Waals surface area (Å²) in [6.45, 7) is 4.65. The molecule has 0 aromatic carbocycles. The summed E-state index contributed by atoms with van der Waals surface area (Å²) in [6, 6.07) is 4.57. The largest absolute Gasteiger partial charge is 0.336 e. The summed E-state index contributed by atoms with van der Waals surface area (Å²) in [5.74, 6) is 0. The van der Waals surface area contributed by atoms with Gasteiger partial charge in [-0.05, 0) is 50.6 Å². The third-order valence-electron chi connectivity index (χ3n) is 3.98. The SMILES string of the molecule is CC(c1cc(Cl)nc2c1ccn2C)N1CCCC1. The second-order valence-corrected chi connectivity index (χ2v) is 5.50. The third kappa shape index (κ3) is 1.91. The molecule has 0 N–H and O–H groups in total. The van der Waals surface area contributed by atoms with E-state index in [1.54, 1.807) is 0 Å². The van der Waals surface area contributed by atoms with Crippen molar-refractivity contribution in [3.05, 3.63) is 29.0 Å². The van der Waals surface area contributed by atoms with Crippen LogP contribution in [0.15, 0.2) is 18.3 Å².